The van der Waals surface area contributed by atoms with Crippen molar-refractivity contribution in [2.45, 2.75) is 13.8 Å². The van der Waals surface area contributed by atoms with Crippen molar-refractivity contribution in [1.82, 2.24) is 5.32 Å². The smallest absolute Gasteiger partial charge is 0.335 e. The first-order chi connectivity index (χ1) is 18.0. The molecule has 0 radical (unpaired) electrons. The number of halogens is 3. The summed E-state index contributed by atoms with van der Waals surface area (Å²) in [5, 5.41) is 5.01. The number of urea groups is 1. The summed E-state index contributed by atoms with van der Waals surface area (Å²) in [6.45, 7) is 3.54. The average Bonchev–Trinajstić information content (AvgIpc) is 2.84. The Morgan fingerprint density at radius 3 is 2.37 bits per heavy atom. The molecule has 1 heterocycles. The Bertz CT molecular complexity index is 1500. The Labute approximate surface area is 243 Å². The van der Waals surface area contributed by atoms with Gasteiger partial charge in [-0.1, -0.05) is 49.6 Å². The lowest BCUT2D eigenvalue weighted by Gasteiger charge is -2.26. The number of benzene rings is 3. The van der Waals surface area contributed by atoms with Crippen LogP contribution in [0.4, 0.5) is 16.2 Å². The average molecular weight is 706 g/mol. The second-order valence-electron chi connectivity index (χ2n) is 8.40. The SMILES string of the molecule is Cc1ccc(NC(=O)COc2c(Br)cc(Br)cc2/C=C2\C(=O)NC(=O)N(c3ccc(Br)cc3)C2=O)c(C)c1. The number of anilines is 2. The number of nitrogens with one attached hydrogen (secondary N) is 2. The van der Waals surface area contributed by atoms with Gasteiger partial charge in [-0.2, -0.15) is 0 Å². The van der Waals surface area contributed by atoms with Gasteiger partial charge < -0.3 is 10.1 Å². The molecule has 0 saturated carbocycles. The van der Waals surface area contributed by atoms with Crippen LogP contribution in [0.15, 0.2) is 73.6 Å². The Morgan fingerprint density at radius 1 is 0.974 bits per heavy atom. The molecule has 3 aromatic rings. The van der Waals surface area contributed by atoms with Crippen molar-refractivity contribution in [2.75, 3.05) is 16.8 Å². The maximum Gasteiger partial charge on any atom is 0.335 e. The number of barbiturate groups is 1. The minimum absolute atomic E-state index is 0.240. The van der Waals surface area contributed by atoms with Gasteiger partial charge in [0.05, 0.1) is 10.2 Å². The minimum atomic E-state index is -0.852. The summed E-state index contributed by atoms with van der Waals surface area (Å²) in [6, 6.07) is 14.7. The van der Waals surface area contributed by atoms with E-state index in [0.717, 1.165) is 20.5 Å². The molecular formula is C27H20Br3N3O5. The molecular weight excluding hydrogens is 686 g/mol. The van der Waals surface area contributed by atoms with E-state index in [-0.39, 0.29) is 23.8 Å². The van der Waals surface area contributed by atoms with Crippen LogP contribution in [0.2, 0.25) is 0 Å². The first-order valence-corrected chi connectivity index (χ1v) is 13.6. The fourth-order valence-corrected chi connectivity index (χ4v) is 5.39. The highest BCUT2D eigenvalue weighted by Crippen LogP contribution is 2.35. The zero-order chi connectivity index (χ0) is 27.6. The number of hydrogen-bond donors (Lipinski definition) is 2. The fourth-order valence-electron chi connectivity index (χ4n) is 3.76. The number of nitrogens with zero attached hydrogens (tertiary/aromatic N) is 1. The van der Waals surface area contributed by atoms with E-state index < -0.39 is 17.8 Å². The lowest BCUT2D eigenvalue weighted by atomic mass is 10.1. The third-order valence-corrected chi connectivity index (χ3v) is 7.10. The number of amides is 5. The molecule has 0 unspecified atom stereocenters. The van der Waals surface area contributed by atoms with Crippen LogP contribution in [0, 0.1) is 13.8 Å². The van der Waals surface area contributed by atoms with E-state index in [4.69, 9.17) is 4.74 Å². The summed E-state index contributed by atoms with van der Waals surface area (Å²) in [5.41, 5.74) is 3.03. The van der Waals surface area contributed by atoms with Crippen LogP contribution in [-0.4, -0.2) is 30.4 Å². The topological polar surface area (TPSA) is 105 Å². The Balaban J connectivity index is 1.62. The van der Waals surface area contributed by atoms with Gasteiger partial charge in [0.1, 0.15) is 11.3 Å². The molecule has 1 aliphatic rings. The van der Waals surface area contributed by atoms with Gasteiger partial charge in [0.25, 0.3) is 17.7 Å². The molecule has 38 heavy (non-hydrogen) atoms. The molecule has 1 fully saturated rings. The molecule has 0 atom stereocenters. The normalized spacial score (nSPS) is 14.5. The molecule has 0 bridgehead atoms. The maximum atomic E-state index is 13.3. The van der Waals surface area contributed by atoms with Gasteiger partial charge in [-0.15, -0.1) is 0 Å². The zero-order valence-corrected chi connectivity index (χ0v) is 24.9. The van der Waals surface area contributed by atoms with Crippen LogP contribution in [0.3, 0.4) is 0 Å². The van der Waals surface area contributed by atoms with Gasteiger partial charge in [-0.25, -0.2) is 9.69 Å². The number of carbonyl (C=O) groups excluding carboxylic acids is 4. The quantitative estimate of drug-likeness (QED) is 0.232. The predicted octanol–water partition coefficient (Wildman–Crippen LogP) is 6.27. The summed E-state index contributed by atoms with van der Waals surface area (Å²) in [4.78, 5) is 51.9. The van der Waals surface area contributed by atoms with Gasteiger partial charge in [0.15, 0.2) is 6.61 Å². The number of hydrogen-bond acceptors (Lipinski definition) is 5. The van der Waals surface area contributed by atoms with Gasteiger partial charge in [-0.05, 0) is 83.9 Å². The molecule has 194 valence electrons. The van der Waals surface area contributed by atoms with E-state index in [1.807, 2.05) is 32.0 Å². The van der Waals surface area contributed by atoms with E-state index in [1.54, 1.807) is 36.4 Å². The van der Waals surface area contributed by atoms with Crippen LogP contribution in [0.1, 0.15) is 16.7 Å². The van der Waals surface area contributed by atoms with Crippen molar-refractivity contribution >= 4 is 89.0 Å². The molecule has 1 aliphatic heterocycles. The van der Waals surface area contributed by atoms with Crippen molar-refractivity contribution in [1.29, 1.82) is 0 Å². The van der Waals surface area contributed by atoms with Crippen LogP contribution < -0.4 is 20.3 Å². The van der Waals surface area contributed by atoms with E-state index in [1.165, 1.54) is 6.08 Å². The molecule has 2 N–H and O–H groups in total. The third-order valence-electron chi connectivity index (χ3n) is 5.53. The second-order valence-corrected chi connectivity index (χ2v) is 11.1. The Morgan fingerprint density at radius 2 is 1.68 bits per heavy atom. The number of imide groups is 2. The van der Waals surface area contributed by atoms with Crippen molar-refractivity contribution in [3.8, 4) is 5.75 Å². The summed E-state index contributed by atoms with van der Waals surface area (Å²) in [6.07, 6.45) is 1.32. The first kappa shape index (κ1) is 27.7. The molecule has 0 spiro atoms. The second kappa shape index (κ2) is 11.6. The van der Waals surface area contributed by atoms with Gasteiger partial charge >= 0.3 is 6.03 Å². The molecule has 0 aromatic heterocycles. The van der Waals surface area contributed by atoms with Crippen LogP contribution in [-0.2, 0) is 14.4 Å². The maximum absolute atomic E-state index is 13.3. The minimum Gasteiger partial charge on any atom is -0.482 e. The highest BCUT2D eigenvalue weighted by Gasteiger charge is 2.37. The number of carbonyl (C=O) groups is 4. The monoisotopic (exact) mass is 703 g/mol. The highest BCUT2D eigenvalue weighted by molar-refractivity contribution is 9.11. The first-order valence-electron chi connectivity index (χ1n) is 11.2. The van der Waals surface area contributed by atoms with Crippen molar-refractivity contribution in [3.05, 3.63) is 90.3 Å². The fraction of sp³-hybridized carbons (Fsp3) is 0.111. The summed E-state index contributed by atoms with van der Waals surface area (Å²) < 4.78 is 7.71. The van der Waals surface area contributed by atoms with E-state index >= 15 is 0 Å². The van der Waals surface area contributed by atoms with Gasteiger partial charge in [0.2, 0.25) is 0 Å². The predicted molar refractivity (Wildman–Crippen MR) is 155 cm³/mol. The molecule has 3 aromatic carbocycles. The van der Waals surface area contributed by atoms with Crippen molar-refractivity contribution in [2.24, 2.45) is 0 Å². The number of aryl methyl sites for hydroxylation is 2. The highest BCUT2D eigenvalue weighted by atomic mass is 79.9. The summed E-state index contributed by atoms with van der Waals surface area (Å²) in [7, 11) is 0. The number of ether oxygens (including phenoxy) is 1. The summed E-state index contributed by atoms with van der Waals surface area (Å²) in [5.74, 6) is -1.79. The van der Waals surface area contributed by atoms with Crippen LogP contribution >= 0.6 is 47.8 Å². The van der Waals surface area contributed by atoms with Crippen molar-refractivity contribution < 1.29 is 23.9 Å². The van der Waals surface area contributed by atoms with Gasteiger partial charge in [0, 0.05) is 20.2 Å². The molecule has 1 saturated heterocycles. The lowest BCUT2D eigenvalue weighted by Crippen LogP contribution is -2.54. The molecule has 0 aliphatic carbocycles. The summed E-state index contributed by atoms with van der Waals surface area (Å²) >= 11 is 10.1. The zero-order valence-electron chi connectivity index (χ0n) is 20.1. The van der Waals surface area contributed by atoms with Gasteiger partial charge in [-0.3, -0.25) is 19.7 Å². The molecule has 4 rings (SSSR count). The Kier molecular flexibility index (Phi) is 8.49. The van der Waals surface area contributed by atoms with E-state index in [0.29, 0.717) is 25.9 Å². The van der Waals surface area contributed by atoms with Crippen molar-refractivity contribution in [3.63, 3.8) is 0 Å². The van der Waals surface area contributed by atoms with Crippen LogP contribution in [0.25, 0.3) is 6.08 Å². The lowest BCUT2D eigenvalue weighted by molar-refractivity contribution is -0.122. The van der Waals surface area contributed by atoms with E-state index in [2.05, 4.69) is 58.4 Å². The molecule has 8 nitrogen and oxygen atoms in total. The van der Waals surface area contributed by atoms with Crippen LogP contribution in [0.5, 0.6) is 5.75 Å². The molecule has 11 heteroatoms. The standard InChI is InChI=1S/C27H20Br3N3O5/c1-14-3-8-22(15(2)9-14)31-23(34)13-38-24-16(10-18(29)12-21(24)30)11-20-25(35)32-27(37)33(26(20)36)19-6-4-17(28)5-7-19/h3-12H,13H2,1-2H3,(H,31,34)(H,32,35,37)/b20-11+. The molecule has 5 amide bonds. The third kappa shape index (κ3) is 6.23. The van der Waals surface area contributed by atoms with E-state index in [9.17, 15) is 19.2 Å². The largest absolute Gasteiger partial charge is 0.482 e. The number of rotatable bonds is 6. The Hall–Kier alpha value is -3.28.